The lowest BCUT2D eigenvalue weighted by atomic mass is 9.87. The van der Waals surface area contributed by atoms with E-state index in [1.54, 1.807) is 5.57 Å². The maximum Gasteiger partial charge on any atom is -0.0207 e. The Hall–Kier alpha value is -0.520. The molecule has 86 valence electrons. The van der Waals surface area contributed by atoms with Crippen molar-refractivity contribution in [1.29, 1.82) is 0 Å². The lowest BCUT2D eigenvalue weighted by molar-refractivity contribution is 0.431. The molecule has 0 radical (unpaired) electrons. The molecule has 0 aliphatic heterocycles. The first kappa shape index (κ1) is 12.5. The molecule has 0 saturated carbocycles. The molecule has 0 heterocycles. The van der Waals surface area contributed by atoms with Crippen LogP contribution in [-0.2, 0) is 0 Å². The van der Waals surface area contributed by atoms with Gasteiger partial charge < -0.3 is 0 Å². The molecule has 0 aromatic rings. The Morgan fingerprint density at radius 2 is 1.93 bits per heavy atom. The van der Waals surface area contributed by atoms with E-state index in [1.807, 2.05) is 0 Å². The summed E-state index contributed by atoms with van der Waals surface area (Å²) in [5.74, 6) is 2.29. The van der Waals surface area contributed by atoms with Gasteiger partial charge in [0.25, 0.3) is 0 Å². The Kier molecular flexibility index (Phi) is 5.14. The second-order valence-corrected chi connectivity index (χ2v) is 5.44. The largest absolute Gasteiger partial charge is 0.0856 e. The molecule has 0 fully saturated rings. The highest BCUT2D eigenvalue weighted by molar-refractivity contribution is 5.02. The van der Waals surface area contributed by atoms with E-state index in [2.05, 4.69) is 45.9 Å². The van der Waals surface area contributed by atoms with Crippen LogP contribution in [0.15, 0.2) is 23.8 Å². The molecule has 1 rings (SSSR count). The van der Waals surface area contributed by atoms with Crippen molar-refractivity contribution in [2.45, 2.75) is 53.4 Å². The van der Waals surface area contributed by atoms with Crippen molar-refractivity contribution >= 4 is 0 Å². The normalized spacial score (nSPS) is 34.6. The third kappa shape index (κ3) is 4.68. The Bertz CT molecular complexity index is 232. The zero-order chi connectivity index (χ0) is 11.3. The molecular weight excluding hydrogens is 180 g/mol. The molecule has 0 spiro atoms. The predicted molar refractivity (Wildman–Crippen MR) is 68.9 cm³/mol. The smallest absolute Gasteiger partial charge is 0.0207 e. The van der Waals surface area contributed by atoms with Crippen LogP contribution in [0, 0.1) is 17.8 Å². The van der Waals surface area contributed by atoms with Gasteiger partial charge in [0.05, 0.1) is 0 Å². The summed E-state index contributed by atoms with van der Waals surface area (Å²) < 4.78 is 0. The van der Waals surface area contributed by atoms with Crippen molar-refractivity contribution in [2.24, 2.45) is 17.8 Å². The first-order chi connectivity index (χ1) is 7.09. The monoisotopic (exact) mass is 206 g/mol. The van der Waals surface area contributed by atoms with Gasteiger partial charge in [-0.1, -0.05) is 44.6 Å². The lowest BCUT2D eigenvalue weighted by Crippen LogP contribution is -2.07. The highest BCUT2D eigenvalue weighted by Crippen LogP contribution is 2.24. The summed E-state index contributed by atoms with van der Waals surface area (Å²) in [5.41, 5.74) is 1.59. The van der Waals surface area contributed by atoms with Gasteiger partial charge in [-0.15, -0.1) is 0 Å². The van der Waals surface area contributed by atoms with Gasteiger partial charge in [-0.25, -0.2) is 0 Å². The first-order valence-electron chi connectivity index (χ1n) is 6.43. The van der Waals surface area contributed by atoms with E-state index in [0.717, 1.165) is 17.8 Å². The summed E-state index contributed by atoms with van der Waals surface area (Å²) in [6, 6.07) is 0. The summed E-state index contributed by atoms with van der Waals surface area (Å²) in [6.45, 7) is 9.29. The Morgan fingerprint density at radius 3 is 2.60 bits per heavy atom. The molecule has 1 aliphatic rings. The second-order valence-electron chi connectivity index (χ2n) is 5.44. The summed E-state index contributed by atoms with van der Waals surface area (Å²) >= 11 is 0. The zero-order valence-corrected chi connectivity index (χ0v) is 10.8. The van der Waals surface area contributed by atoms with Crippen molar-refractivity contribution in [3.63, 3.8) is 0 Å². The molecular formula is C15H26. The predicted octanol–water partition coefficient (Wildman–Crippen LogP) is 4.97. The van der Waals surface area contributed by atoms with Gasteiger partial charge in [0.1, 0.15) is 0 Å². The zero-order valence-electron chi connectivity index (χ0n) is 10.8. The van der Waals surface area contributed by atoms with E-state index in [4.69, 9.17) is 0 Å². The van der Waals surface area contributed by atoms with Gasteiger partial charge in [-0.2, -0.15) is 0 Å². The molecule has 1 aliphatic carbocycles. The van der Waals surface area contributed by atoms with Crippen LogP contribution in [0.5, 0.6) is 0 Å². The molecule has 0 heteroatoms. The molecule has 0 aromatic heterocycles. The average molecular weight is 206 g/mol. The first-order valence-corrected chi connectivity index (χ1v) is 6.43. The van der Waals surface area contributed by atoms with Crippen molar-refractivity contribution in [1.82, 2.24) is 0 Å². The number of allylic oxidation sites excluding steroid dienone is 4. The maximum absolute atomic E-state index is 2.47. The van der Waals surface area contributed by atoms with Crippen molar-refractivity contribution in [3.05, 3.63) is 23.8 Å². The van der Waals surface area contributed by atoms with E-state index in [-0.39, 0.29) is 0 Å². The van der Waals surface area contributed by atoms with Crippen LogP contribution in [0.1, 0.15) is 53.4 Å². The van der Waals surface area contributed by atoms with Gasteiger partial charge in [0.2, 0.25) is 0 Å². The van der Waals surface area contributed by atoms with Crippen molar-refractivity contribution in [3.8, 4) is 0 Å². The molecule has 0 saturated heterocycles. The number of rotatable bonds is 1. The minimum Gasteiger partial charge on any atom is -0.0856 e. The van der Waals surface area contributed by atoms with E-state index >= 15 is 0 Å². The summed E-state index contributed by atoms with van der Waals surface area (Å²) in [5, 5.41) is 0. The molecule has 15 heavy (non-hydrogen) atoms. The molecule has 2 atom stereocenters. The van der Waals surface area contributed by atoms with Crippen LogP contribution in [-0.4, -0.2) is 0 Å². The summed E-state index contributed by atoms with van der Waals surface area (Å²) in [7, 11) is 0. The van der Waals surface area contributed by atoms with Crippen LogP contribution in [0.4, 0.5) is 0 Å². The SMILES string of the molecule is C/C1=C\CC[C@H](C)/C=C/[C@H](C(C)C)CC1. The maximum atomic E-state index is 2.47. The summed E-state index contributed by atoms with van der Waals surface area (Å²) in [6.07, 6.45) is 12.5. The highest BCUT2D eigenvalue weighted by Gasteiger charge is 2.11. The van der Waals surface area contributed by atoms with Crippen LogP contribution in [0.25, 0.3) is 0 Å². The van der Waals surface area contributed by atoms with Gasteiger partial charge in [-0.3, -0.25) is 0 Å². The standard InChI is InChI=1S/C15H26/c1-12(2)15-10-8-13(3)6-5-7-14(4)9-11-15/h6,9,11-12,14-15H,5,7-8,10H2,1-4H3/b11-9+,13-6+/t14-,15+/m0/s1. The lowest BCUT2D eigenvalue weighted by Gasteiger charge is -2.19. The molecule has 0 amide bonds. The van der Waals surface area contributed by atoms with Gasteiger partial charge in [0.15, 0.2) is 0 Å². The minimum atomic E-state index is 0.744. The van der Waals surface area contributed by atoms with Gasteiger partial charge >= 0.3 is 0 Å². The topological polar surface area (TPSA) is 0 Å². The fraction of sp³-hybridized carbons (Fsp3) is 0.733. The molecule has 0 nitrogen and oxygen atoms in total. The number of hydrogen-bond acceptors (Lipinski definition) is 0. The van der Waals surface area contributed by atoms with Crippen LogP contribution in [0.3, 0.4) is 0 Å². The summed E-state index contributed by atoms with van der Waals surface area (Å²) in [4.78, 5) is 0. The van der Waals surface area contributed by atoms with E-state index in [1.165, 1.54) is 25.7 Å². The average Bonchev–Trinajstić information content (AvgIpc) is 2.16. The quantitative estimate of drug-likeness (QED) is 0.531. The fourth-order valence-corrected chi connectivity index (χ4v) is 2.17. The van der Waals surface area contributed by atoms with Crippen LogP contribution in [0.2, 0.25) is 0 Å². The molecule has 0 bridgehead atoms. The van der Waals surface area contributed by atoms with Gasteiger partial charge in [0, 0.05) is 0 Å². The highest BCUT2D eigenvalue weighted by atomic mass is 14.2. The van der Waals surface area contributed by atoms with Crippen LogP contribution < -0.4 is 0 Å². The number of hydrogen-bond donors (Lipinski definition) is 0. The Balaban J connectivity index is 2.66. The molecule has 0 aromatic carbocycles. The van der Waals surface area contributed by atoms with Gasteiger partial charge in [-0.05, 0) is 50.4 Å². The van der Waals surface area contributed by atoms with E-state index < -0.39 is 0 Å². The minimum absolute atomic E-state index is 0.744. The Morgan fingerprint density at radius 1 is 1.20 bits per heavy atom. The second kappa shape index (κ2) is 6.15. The Labute approximate surface area is 95.5 Å². The van der Waals surface area contributed by atoms with Crippen molar-refractivity contribution < 1.29 is 0 Å². The molecule has 0 unspecified atom stereocenters. The fourth-order valence-electron chi connectivity index (χ4n) is 2.17. The van der Waals surface area contributed by atoms with Crippen LogP contribution >= 0.6 is 0 Å². The third-order valence-electron chi connectivity index (χ3n) is 3.53. The third-order valence-corrected chi connectivity index (χ3v) is 3.53. The van der Waals surface area contributed by atoms with Crippen molar-refractivity contribution in [2.75, 3.05) is 0 Å². The van der Waals surface area contributed by atoms with E-state index in [0.29, 0.717) is 0 Å². The van der Waals surface area contributed by atoms with E-state index in [9.17, 15) is 0 Å². The molecule has 0 N–H and O–H groups in total.